The van der Waals surface area contributed by atoms with E-state index >= 15 is 0 Å². The second-order valence-corrected chi connectivity index (χ2v) is 7.40. The zero-order valence-electron chi connectivity index (χ0n) is 14.7. The number of thioether (sulfide) groups is 1. The van der Waals surface area contributed by atoms with Crippen molar-refractivity contribution in [2.75, 3.05) is 31.8 Å². The molecule has 1 saturated carbocycles. The molecule has 1 fully saturated rings. The molecule has 0 radical (unpaired) electrons. The van der Waals surface area contributed by atoms with Gasteiger partial charge in [-0.1, -0.05) is 18.2 Å². The average molecular weight is 335 g/mol. The third kappa shape index (κ3) is 5.34. The fourth-order valence-electron chi connectivity index (χ4n) is 2.97. The lowest BCUT2D eigenvalue weighted by molar-refractivity contribution is 0.598. The monoisotopic (exact) mass is 334 g/mol. The summed E-state index contributed by atoms with van der Waals surface area (Å²) in [7, 11) is 3.99. The standard InChI is InChI=1S/C18H30N4S/c1-14(22(3)16-8-6-5-7-9-16)13-20-18(19-2)21-15-10-11-17(12-15)23-4/h5-9,14-15,17H,10-13H2,1-4H3,(H2,19,20,21). The van der Waals surface area contributed by atoms with Crippen molar-refractivity contribution in [3.8, 4) is 0 Å². The lowest BCUT2D eigenvalue weighted by Crippen LogP contribution is -2.47. The maximum absolute atomic E-state index is 4.38. The largest absolute Gasteiger partial charge is 0.370 e. The molecule has 1 aliphatic rings. The summed E-state index contributed by atoms with van der Waals surface area (Å²) in [5.74, 6) is 0.921. The number of para-hydroxylation sites is 1. The Hall–Kier alpha value is -1.36. The Bertz CT molecular complexity index is 491. The lowest BCUT2D eigenvalue weighted by atomic mass is 10.2. The van der Waals surface area contributed by atoms with Gasteiger partial charge in [-0.15, -0.1) is 0 Å². The van der Waals surface area contributed by atoms with Crippen molar-refractivity contribution in [1.82, 2.24) is 10.6 Å². The molecule has 0 saturated heterocycles. The first-order valence-corrected chi connectivity index (χ1v) is 9.70. The van der Waals surface area contributed by atoms with Crippen LogP contribution in [-0.2, 0) is 0 Å². The van der Waals surface area contributed by atoms with Crippen molar-refractivity contribution in [3.63, 3.8) is 0 Å². The minimum atomic E-state index is 0.387. The van der Waals surface area contributed by atoms with Crippen LogP contribution in [0.5, 0.6) is 0 Å². The van der Waals surface area contributed by atoms with E-state index in [0.717, 1.165) is 17.8 Å². The Labute approximate surface area is 145 Å². The summed E-state index contributed by atoms with van der Waals surface area (Å²) in [5, 5.41) is 7.84. The van der Waals surface area contributed by atoms with Crippen molar-refractivity contribution < 1.29 is 0 Å². The first-order chi connectivity index (χ1) is 11.1. The third-order valence-corrected chi connectivity index (χ3v) is 5.77. The van der Waals surface area contributed by atoms with Crippen LogP contribution in [0.25, 0.3) is 0 Å². The summed E-state index contributed by atoms with van der Waals surface area (Å²) in [4.78, 5) is 6.67. The smallest absolute Gasteiger partial charge is 0.191 e. The van der Waals surface area contributed by atoms with E-state index in [-0.39, 0.29) is 0 Å². The number of likely N-dealkylation sites (N-methyl/N-ethyl adjacent to an activating group) is 1. The first-order valence-electron chi connectivity index (χ1n) is 8.42. The molecule has 1 aliphatic carbocycles. The first kappa shape index (κ1) is 18.0. The van der Waals surface area contributed by atoms with Gasteiger partial charge in [0.05, 0.1) is 0 Å². The van der Waals surface area contributed by atoms with Gasteiger partial charge < -0.3 is 15.5 Å². The topological polar surface area (TPSA) is 39.7 Å². The number of nitrogens with one attached hydrogen (secondary N) is 2. The second kappa shape index (κ2) is 9.06. The Morgan fingerprint density at radius 2 is 2.09 bits per heavy atom. The molecule has 0 aromatic heterocycles. The van der Waals surface area contributed by atoms with Crippen molar-refractivity contribution in [2.24, 2.45) is 4.99 Å². The summed E-state index contributed by atoms with van der Waals surface area (Å²) in [6, 6.07) is 11.4. The zero-order chi connectivity index (χ0) is 16.7. The number of hydrogen-bond acceptors (Lipinski definition) is 3. The molecule has 0 aliphatic heterocycles. The van der Waals surface area contributed by atoms with Gasteiger partial charge in [0.15, 0.2) is 5.96 Å². The number of benzene rings is 1. The molecule has 1 aromatic rings. The lowest BCUT2D eigenvalue weighted by Gasteiger charge is -2.28. The van der Waals surface area contributed by atoms with Gasteiger partial charge in [0.2, 0.25) is 0 Å². The van der Waals surface area contributed by atoms with E-state index in [9.17, 15) is 0 Å². The molecule has 3 atom stereocenters. The Morgan fingerprint density at radius 1 is 1.35 bits per heavy atom. The van der Waals surface area contributed by atoms with Crippen molar-refractivity contribution >= 4 is 23.4 Å². The number of hydrogen-bond donors (Lipinski definition) is 2. The molecule has 0 spiro atoms. The summed E-state index contributed by atoms with van der Waals surface area (Å²) < 4.78 is 0. The van der Waals surface area contributed by atoms with Crippen molar-refractivity contribution in [3.05, 3.63) is 30.3 Å². The SMILES string of the molecule is CN=C(NCC(C)N(C)c1ccccc1)NC1CCC(SC)C1. The minimum Gasteiger partial charge on any atom is -0.370 e. The van der Waals surface area contributed by atoms with Gasteiger partial charge in [-0.3, -0.25) is 4.99 Å². The van der Waals surface area contributed by atoms with Crippen LogP contribution in [0.1, 0.15) is 26.2 Å². The van der Waals surface area contributed by atoms with Crippen LogP contribution in [0.4, 0.5) is 5.69 Å². The summed E-state index contributed by atoms with van der Waals surface area (Å²) >= 11 is 1.98. The molecular formula is C18H30N4S. The number of rotatable bonds is 6. The van der Waals surface area contributed by atoms with Gasteiger partial charge >= 0.3 is 0 Å². The van der Waals surface area contributed by atoms with E-state index in [2.05, 4.69) is 71.1 Å². The number of anilines is 1. The van der Waals surface area contributed by atoms with Gasteiger partial charge in [-0.05, 0) is 44.6 Å². The number of nitrogens with zero attached hydrogens (tertiary/aromatic N) is 2. The highest BCUT2D eigenvalue weighted by molar-refractivity contribution is 7.99. The van der Waals surface area contributed by atoms with Crippen molar-refractivity contribution in [1.29, 1.82) is 0 Å². The van der Waals surface area contributed by atoms with Gasteiger partial charge in [0.1, 0.15) is 0 Å². The van der Waals surface area contributed by atoms with E-state index in [0.29, 0.717) is 12.1 Å². The second-order valence-electron chi connectivity index (χ2n) is 6.26. The molecular weight excluding hydrogens is 304 g/mol. The normalized spacial score (nSPS) is 22.7. The quantitative estimate of drug-likeness (QED) is 0.620. The molecule has 5 heteroatoms. The molecule has 2 rings (SSSR count). The van der Waals surface area contributed by atoms with Gasteiger partial charge in [0.25, 0.3) is 0 Å². The van der Waals surface area contributed by atoms with Crippen molar-refractivity contribution in [2.45, 2.75) is 43.5 Å². The van der Waals surface area contributed by atoms with E-state index < -0.39 is 0 Å². The van der Waals surface area contributed by atoms with Crippen LogP contribution in [0.3, 0.4) is 0 Å². The summed E-state index contributed by atoms with van der Waals surface area (Å²) in [5.41, 5.74) is 1.24. The molecule has 0 bridgehead atoms. The van der Waals surface area contributed by atoms with E-state index in [1.54, 1.807) is 0 Å². The van der Waals surface area contributed by atoms with Crippen LogP contribution in [0, 0.1) is 0 Å². The Morgan fingerprint density at radius 3 is 2.70 bits per heavy atom. The summed E-state index contributed by atoms with van der Waals surface area (Å²) in [6.07, 6.45) is 6.00. The van der Waals surface area contributed by atoms with Gasteiger partial charge in [-0.2, -0.15) is 11.8 Å². The molecule has 128 valence electrons. The highest BCUT2D eigenvalue weighted by atomic mass is 32.2. The molecule has 23 heavy (non-hydrogen) atoms. The number of guanidine groups is 1. The molecule has 0 heterocycles. The molecule has 0 amide bonds. The minimum absolute atomic E-state index is 0.387. The predicted molar refractivity (Wildman–Crippen MR) is 104 cm³/mol. The van der Waals surface area contributed by atoms with Crippen LogP contribution in [-0.4, -0.2) is 50.2 Å². The highest BCUT2D eigenvalue weighted by Crippen LogP contribution is 2.28. The maximum Gasteiger partial charge on any atom is 0.191 e. The number of aliphatic imine (C=N–C) groups is 1. The average Bonchev–Trinajstić information content (AvgIpc) is 3.06. The fraction of sp³-hybridized carbons (Fsp3) is 0.611. The molecule has 3 unspecified atom stereocenters. The van der Waals surface area contributed by atoms with E-state index in [1.807, 2.05) is 18.8 Å². The summed E-state index contributed by atoms with van der Waals surface area (Å²) in [6.45, 7) is 3.09. The highest BCUT2D eigenvalue weighted by Gasteiger charge is 2.24. The maximum atomic E-state index is 4.38. The zero-order valence-corrected chi connectivity index (χ0v) is 15.6. The van der Waals surface area contributed by atoms with Gasteiger partial charge in [0, 0.05) is 43.7 Å². The van der Waals surface area contributed by atoms with E-state index in [1.165, 1.54) is 24.9 Å². The molecule has 2 N–H and O–H groups in total. The van der Waals surface area contributed by atoms with Crippen LogP contribution < -0.4 is 15.5 Å². The third-order valence-electron chi connectivity index (χ3n) is 4.67. The van der Waals surface area contributed by atoms with Crippen LogP contribution in [0.2, 0.25) is 0 Å². The predicted octanol–water partition coefficient (Wildman–Crippen LogP) is 2.96. The molecule has 1 aromatic carbocycles. The fourth-order valence-corrected chi connectivity index (χ4v) is 3.77. The van der Waals surface area contributed by atoms with Crippen LogP contribution >= 0.6 is 11.8 Å². The van der Waals surface area contributed by atoms with Crippen LogP contribution in [0.15, 0.2) is 35.3 Å². The Balaban J connectivity index is 1.79. The van der Waals surface area contributed by atoms with Gasteiger partial charge in [-0.25, -0.2) is 0 Å². The molecule has 4 nitrogen and oxygen atoms in total. The Kier molecular flexibility index (Phi) is 7.09. The van der Waals surface area contributed by atoms with E-state index in [4.69, 9.17) is 0 Å².